The average Bonchev–Trinajstić information content (AvgIpc) is 2.92. The number of aromatic nitrogens is 1. The van der Waals surface area contributed by atoms with E-state index in [0.29, 0.717) is 23.2 Å². The number of pyridine rings is 1. The second-order valence-corrected chi connectivity index (χ2v) is 10.1. The van der Waals surface area contributed by atoms with Crippen molar-refractivity contribution in [1.29, 1.82) is 5.26 Å². The number of piperazine rings is 2. The zero-order chi connectivity index (χ0) is 24.6. The highest BCUT2D eigenvalue weighted by molar-refractivity contribution is 5.95. The molecule has 3 aliphatic heterocycles. The largest absolute Gasteiger partial charge is 0.493 e. The summed E-state index contributed by atoms with van der Waals surface area (Å²) in [5.74, 6) is -0.0606. The van der Waals surface area contributed by atoms with Crippen molar-refractivity contribution in [3.63, 3.8) is 0 Å². The highest BCUT2D eigenvalue weighted by Gasteiger charge is 2.37. The van der Waals surface area contributed by atoms with Gasteiger partial charge in [-0.05, 0) is 42.8 Å². The molecule has 0 spiro atoms. The number of benzene rings is 2. The van der Waals surface area contributed by atoms with E-state index in [4.69, 9.17) is 4.74 Å². The summed E-state index contributed by atoms with van der Waals surface area (Å²) in [4.78, 5) is 11.8. The quantitative estimate of drug-likeness (QED) is 0.587. The highest BCUT2D eigenvalue weighted by Crippen LogP contribution is 2.33. The van der Waals surface area contributed by atoms with Crippen molar-refractivity contribution in [2.45, 2.75) is 25.1 Å². The third kappa shape index (κ3) is 4.24. The molecule has 36 heavy (non-hydrogen) atoms. The number of aromatic hydroxyl groups is 1. The van der Waals surface area contributed by atoms with Crippen molar-refractivity contribution in [3.8, 4) is 11.9 Å². The predicted octanol–water partition coefficient (Wildman–Crippen LogP) is 2.87. The van der Waals surface area contributed by atoms with Crippen LogP contribution in [0.3, 0.4) is 0 Å². The van der Waals surface area contributed by atoms with Crippen molar-refractivity contribution >= 4 is 22.3 Å². The lowest BCUT2D eigenvalue weighted by atomic mass is 10.00. The summed E-state index contributed by atoms with van der Waals surface area (Å²) < 4.78 is 5.91. The van der Waals surface area contributed by atoms with Gasteiger partial charge >= 0.3 is 0 Å². The molecule has 0 amide bonds. The number of fused-ring (bicyclic) bond motifs is 2. The van der Waals surface area contributed by atoms with Crippen molar-refractivity contribution < 1.29 is 9.84 Å². The van der Waals surface area contributed by atoms with Crippen LogP contribution in [0.15, 0.2) is 48.5 Å². The minimum Gasteiger partial charge on any atom is -0.493 e. The van der Waals surface area contributed by atoms with E-state index in [1.807, 2.05) is 18.2 Å². The summed E-state index contributed by atoms with van der Waals surface area (Å²) in [6, 6.07) is 19.2. The molecule has 0 radical (unpaired) electrons. The number of nitriles is 1. The molecule has 3 fully saturated rings. The number of hydrogen-bond donors (Lipinski definition) is 2. The van der Waals surface area contributed by atoms with E-state index in [1.165, 1.54) is 11.3 Å². The minimum atomic E-state index is -0.0606. The van der Waals surface area contributed by atoms with Crippen LogP contribution in [0, 0.1) is 11.3 Å². The summed E-state index contributed by atoms with van der Waals surface area (Å²) in [5.41, 5.74) is 4.61. The molecule has 3 aromatic rings. The lowest BCUT2D eigenvalue weighted by Gasteiger charge is -2.51. The summed E-state index contributed by atoms with van der Waals surface area (Å²) in [7, 11) is 0. The smallest absolute Gasteiger partial charge is 0.211 e. The average molecular weight is 485 g/mol. The molecule has 0 aliphatic carbocycles. The Morgan fingerprint density at radius 3 is 2.64 bits per heavy atom. The summed E-state index contributed by atoms with van der Waals surface area (Å²) >= 11 is 0. The van der Waals surface area contributed by atoms with Gasteiger partial charge in [-0.2, -0.15) is 5.26 Å². The lowest BCUT2D eigenvalue weighted by molar-refractivity contribution is 0.0277. The van der Waals surface area contributed by atoms with Gasteiger partial charge in [0.05, 0.1) is 23.8 Å². The predicted molar refractivity (Wildman–Crippen MR) is 141 cm³/mol. The van der Waals surface area contributed by atoms with Gasteiger partial charge in [-0.1, -0.05) is 12.1 Å². The number of morpholine rings is 1. The van der Waals surface area contributed by atoms with Gasteiger partial charge in [0.15, 0.2) is 0 Å². The molecule has 6 rings (SSSR count). The van der Waals surface area contributed by atoms with E-state index in [2.05, 4.69) is 62.3 Å². The van der Waals surface area contributed by atoms with Gasteiger partial charge in [0.25, 0.3) is 0 Å². The molecule has 3 aliphatic rings. The number of hydrogen-bond acceptors (Lipinski definition) is 8. The number of rotatable bonds is 3. The standard InChI is InChI=1S/C28H32N6O2/c1-19-16-33(25-8-4-21(14-29)28-24(25)7-9-27(35)31-28)18-23-17-32(11-12-34(19)23)22-5-2-20(3-6-22)26-15-30-10-13-36-26/h2-9,19,23,26,30H,10-13,15-18H2,1H3,(H,31,35)/t19-,23?,26?/m0/s1. The zero-order valence-corrected chi connectivity index (χ0v) is 20.6. The van der Waals surface area contributed by atoms with Crippen molar-refractivity contribution in [2.24, 2.45) is 0 Å². The van der Waals surface area contributed by atoms with Crippen LogP contribution in [-0.4, -0.2) is 79.5 Å². The summed E-state index contributed by atoms with van der Waals surface area (Å²) in [6.07, 6.45) is 0.135. The number of nitrogens with zero attached hydrogens (tertiary/aromatic N) is 5. The van der Waals surface area contributed by atoms with Gasteiger partial charge < -0.3 is 25.0 Å². The van der Waals surface area contributed by atoms with Crippen LogP contribution < -0.4 is 15.1 Å². The number of anilines is 2. The number of ether oxygens (including phenoxy) is 1. The zero-order valence-electron chi connectivity index (χ0n) is 20.6. The second-order valence-electron chi connectivity index (χ2n) is 10.1. The van der Waals surface area contributed by atoms with Crippen LogP contribution in [0.5, 0.6) is 5.88 Å². The lowest BCUT2D eigenvalue weighted by Crippen LogP contribution is -2.65. The van der Waals surface area contributed by atoms with Gasteiger partial charge in [-0.15, -0.1) is 0 Å². The van der Waals surface area contributed by atoms with Crippen molar-refractivity contribution in [2.75, 3.05) is 62.2 Å². The monoisotopic (exact) mass is 484 g/mol. The Bertz CT molecular complexity index is 1280. The van der Waals surface area contributed by atoms with Crippen LogP contribution >= 0.6 is 0 Å². The van der Waals surface area contributed by atoms with Gasteiger partial charge in [-0.3, -0.25) is 4.90 Å². The minimum absolute atomic E-state index is 0.0606. The first-order valence-electron chi connectivity index (χ1n) is 12.8. The molecule has 2 unspecified atom stereocenters. The topological polar surface area (TPSA) is 87.9 Å². The fraction of sp³-hybridized carbons (Fsp3) is 0.429. The molecule has 3 atom stereocenters. The van der Waals surface area contributed by atoms with Gasteiger partial charge in [-0.25, -0.2) is 4.98 Å². The molecule has 2 N–H and O–H groups in total. The molecule has 3 saturated heterocycles. The maximum Gasteiger partial charge on any atom is 0.211 e. The van der Waals surface area contributed by atoms with Crippen LogP contribution in [0.25, 0.3) is 10.9 Å². The van der Waals surface area contributed by atoms with E-state index < -0.39 is 0 Å². The second kappa shape index (κ2) is 9.58. The molecular formula is C28H32N6O2. The Morgan fingerprint density at radius 1 is 1.03 bits per heavy atom. The Hall–Kier alpha value is -3.38. The van der Waals surface area contributed by atoms with E-state index in [1.54, 1.807) is 6.07 Å². The molecule has 2 aromatic carbocycles. The first-order chi connectivity index (χ1) is 17.6. The van der Waals surface area contributed by atoms with Crippen molar-refractivity contribution in [1.82, 2.24) is 15.2 Å². The maximum absolute atomic E-state index is 9.92. The Kier molecular flexibility index (Phi) is 6.13. The first kappa shape index (κ1) is 23.0. The fourth-order valence-electron chi connectivity index (χ4n) is 6.03. The molecular weight excluding hydrogens is 452 g/mol. The van der Waals surface area contributed by atoms with Gasteiger partial charge in [0.1, 0.15) is 6.07 Å². The molecule has 8 nitrogen and oxygen atoms in total. The first-order valence-corrected chi connectivity index (χ1v) is 12.8. The molecule has 0 bridgehead atoms. The van der Waals surface area contributed by atoms with Crippen molar-refractivity contribution in [3.05, 3.63) is 59.7 Å². The van der Waals surface area contributed by atoms with E-state index >= 15 is 0 Å². The molecule has 186 valence electrons. The molecule has 4 heterocycles. The highest BCUT2D eigenvalue weighted by atomic mass is 16.5. The molecule has 0 saturated carbocycles. The normalized spacial score (nSPS) is 24.9. The summed E-state index contributed by atoms with van der Waals surface area (Å²) in [6.45, 7) is 9.71. The summed E-state index contributed by atoms with van der Waals surface area (Å²) in [5, 5.41) is 23.8. The van der Waals surface area contributed by atoms with Gasteiger partial charge in [0, 0.05) is 80.7 Å². The third-order valence-electron chi connectivity index (χ3n) is 7.85. The third-order valence-corrected chi connectivity index (χ3v) is 7.85. The van der Waals surface area contributed by atoms with Crippen LogP contribution in [0.1, 0.15) is 24.2 Å². The van der Waals surface area contributed by atoms with Crippen LogP contribution in [0.2, 0.25) is 0 Å². The van der Waals surface area contributed by atoms with E-state index in [9.17, 15) is 10.4 Å². The van der Waals surface area contributed by atoms with Gasteiger partial charge in [0.2, 0.25) is 5.88 Å². The Balaban J connectivity index is 1.22. The van der Waals surface area contributed by atoms with Crippen LogP contribution in [0.4, 0.5) is 11.4 Å². The fourth-order valence-corrected chi connectivity index (χ4v) is 6.03. The van der Waals surface area contributed by atoms with E-state index in [-0.39, 0.29) is 12.0 Å². The molecule has 1 aromatic heterocycles. The number of nitrogens with one attached hydrogen (secondary N) is 1. The van der Waals surface area contributed by atoms with E-state index in [0.717, 1.165) is 63.5 Å². The maximum atomic E-state index is 9.92. The Morgan fingerprint density at radius 2 is 1.86 bits per heavy atom. The Labute approximate surface area is 211 Å². The molecule has 8 heteroatoms. The van der Waals surface area contributed by atoms with Crippen LogP contribution in [-0.2, 0) is 4.74 Å². The SMILES string of the molecule is C[C@H]1CN(c2ccc(C#N)c3nc(O)ccc23)CC2CN(c3ccc(C4CNCCO4)cc3)CCN21.